The number of nitrogens with zero attached hydrogens (tertiary/aromatic N) is 5. The third-order valence-corrected chi connectivity index (χ3v) is 8.19. The van der Waals surface area contributed by atoms with Gasteiger partial charge in [0.25, 0.3) is 0 Å². The average molecular weight is 602 g/mol. The molecule has 0 unspecified atom stereocenters. The van der Waals surface area contributed by atoms with E-state index in [1.54, 1.807) is 24.3 Å². The number of ether oxygens (including phenoxy) is 3. The number of carbonyl (C=O) groups excluding carboxylic acids is 2. The fourth-order valence-corrected chi connectivity index (χ4v) is 5.59. The molecule has 2 amide bonds. The molecule has 0 aliphatic carbocycles. The summed E-state index contributed by atoms with van der Waals surface area (Å²) in [5.74, 6) is 2.34. The quantitative estimate of drug-likeness (QED) is 0.368. The predicted octanol–water partition coefficient (Wildman–Crippen LogP) is 3.82. The molecule has 4 heterocycles. The highest BCUT2D eigenvalue weighted by atomic mass is 16.5. The molecule has 0 radical (unpaired) electrons. The van der Waals surface area contributed by atoms with Gasteiger partial charge in [-0.15, -0.1) is 0 Å². The Bertz CT molecular complexity index is 1420. The normalized spacial score (nSPS) is 19.8. The van der Waals surface area contributed by atoms with Gasteiger partial charge in [-0.05, 0) is 68.3 Å². The van der Waals surface area contributed by atoms with Gasteiger partial charge in [0.05, 0.1) is 39.0 Å². The topological polar surface area (TPSA) is 131 Å². The van der Waals surface area contributed by atoms with Crippen LogP contribution in [-0.2, 0) is 14.2 Å². The first-order valence-electron chi connectivity index (χ1n) is 15.3. The van der Waals surface area contributed by atoms with Crippen molar-refractivity contribution in [3.05, 3.63) is 59.9 Å². The van der Waals surface area contributed by atoms with E-state index in [0.29, 0.717) is 74.9 Å². The summed E-state index contributed by atoms with van der Waals surface area (Å²) < 4.78 is 16.5. The second-order valence-electron chi connectivity index (χ2n) is 11.4. The van der Waals surface area contributed by atoms with Crippen LogP contribution < -0.4 is 15.5 Å². The van der Waals surface area contributed by atoms with E-state index in [1.807, 2.05) is 24.3 Å². The first-order chi connectivity index (χ1) is 21.5. The van der Waals surface area contributed by atoms with Crippen LogP contribution in [0.2, 0.25) is 0 Å². The number of Topliss-reactive ketones (excluding diaryl/α,β-unsaturated/α-hetero) is 1. The Labute approximate surface area is 257 Å². The van der Waals surface area contributed by atoms with Crippen LogP contribution in [0.3, 0.4) is 0 Å². The maximum Gasteiger partial charge on any atom is 0.323 e. The Kier molecular flexibility index (Phi) is 9.71. The Balaban J connectivity index is 1.10. The first kappa shape index (κ1) is 30.1. The van der Waals surface area contributed by atoms with Crippen LogP contribution in [0, 0.1) is 0 Å². The van der Waals surface area contributed by atoms with Crippen LogP contribution in [-0.4, -0.2) is 104 Å². The summed E-state index contributed by atoms with van der Waals surface area (Å²) in [5.41, 5.74) is 2.68. The van der Waals surface area contributed by atoms with E-state index in [4.69, 9.17) is 29.2 Å². The van der Waals surface area contributed by atoms with Gasteiger partial charge in [0.15, 0.2) is 11.6 Å². The molecule has 0 spiro atoms. The van der Waals surface area contributed by atoms with Gasteiger partial charge in [0.1, 0.15) is 5.82 Å². The van der Waals surface area contributed by atoms with E-state index in [1.165, 1.54) is 0 Å². The molecule has 0 bridgehead atoms. The van der Waals surface area contributed by atoms with Gasteiger partial charge in [-0.25, -0.2) is 9.78 Å². The standard InChI is InChI=1S/C32H39N7O5/c1-22-21-44-19-14-39(22)31-36-29(35-30(37-31)25-10-15-42-16-11-25)24-4-8-27(9-5-24)34-32(41)33-26-6-2-23(3-7-26)28(40)20-38-12-17-43-18-13-38/h2-9,22,25H,10-21H2,1H3,(H2,33,34,41)/t22-/m1/s1. The molecule has 1 atom stereocenters. The molecule has 3 aliphatic rings. The zero-order chi connectivity index (χ0) is 30.3. The number of amides is 2. The van der Waals surface area contributed by atoms with Crippen molar-refractivity contribution in [1.29, 1.82) is 0 Å². The number of nitrogens with one attached hydrogen (secondary N) is 2. The van der Waals surface area contributed by atoms with Crippen molar-refractivity contribution >= 4 is 29.1 Å². The molecule has 1 aromatic heterocycles. The molecule has 0 saturated carbocycles. The van der Waals surface area contributed by atoms with Gasteiger partial charge in [0.2, 0.25) is 5.95 Å². The van der Waals surface area contributed by atoms with Crippen molar-refractivity contribution in [2.45, 2.75) is 31.7 Å². The van der Waals surface area contributed by atoms with E-state index in [-0.39, 0.29) is 23.8 Å². The molecule has 2 aromatic carbocycles. The van der Waals surface area contributed by atoms with Crippen molar-refractivity contribution in [2.75, 3.05) is 81.4 Å². The molecule has 2 N–H and O–H groups in total. The van der Waals surface area contributed by atoms with Crippen LogP contribution in [0.25, 0.3) is 11.4 Å². The van der Waals surface area contributed by atoms with Crippen LogP contribution in [0.1, 0.15) is 41.9 Å². The smallest absolute Gasteiger partial charge is 0.323 e. The summed E-state index contributed by atoms with van der Waals surface area (Å²) in [6, 6.07) is 14.2. The highest BCUT2D eigenvalue weighted by Gasteiger charge is 2.26. The van der Waals surface area contributed by atoms with Crippen molar-refractivity contribution < 1.29 is 23.8 Å². The summed E-state index contributed by atoms with van der Waals surface area (Å²) in [4.78, 5) is 44.3. The molecule has 44 heavy (non-hydrogen) atoms. The molecule has 6 rings (SSSR count). The number of aromatic nitrogens is 3. The molecule has 3 aliphatic heterocycles. The van der Waals surface area contributed by atoms with E-state index in [9.17, 15) is 9.59 Å². The van der Waals surface area contributed by atoms with E-state index in [0.717, 1.165) is 43.9 Å². The second-order valence-corrected chi connectivity index (χ2v) is 11.4. The van der Waals surface area contributed by atoms with Gasteiger partial charge < -0.3 is 29.7 Å². The van der Waals surface area contributed by atoms with Crippen molar-refractivity contribution in [2.24, 2.45) is 0 Å². The lowest BCUT2D eigenvalue weighted by Gasteiger charge is -2.34. The fraction of sp³-hybridized carbons (Fsp3) is 0.469. The number of ketones is 1. The lowest BCUT2D eigenvalue weighted by molar-refractivity contribution is 0.0371. The van der Waals surface area contributed by atoms with Crippen LogP contribution in [0.4, 0.5) is 22.1 Å². The van der Waals surface area contributed by atoms with E-state index >= 15 is 0 Å². The number of urea groups is 1. The predicted molar refractivity (Wildman–Crippen MR) is 166 cm³/mol. The zero-order valence-corrected chi connectivity index (χ0v) is 25.0. The van der Waals surface area contributed by atoms with Crippen LogP contribution in [0.15, 0.2) is 48.5 Å². The SMILES string of the molecule is C[C@@H]1COCCN1c1nc(-c2ccc(NC(=O)Nc3ccc(C(=O)CN4CCOCC4)cc3)cc2)nc(C2CCOCC2)n1. The lowest BCUT2D eigenvalue weighted by atomic mass is 9.99. The first-order valence-corrected chi connectivity index (χ1v) is 15.3. The monoisotopic (exact) mass is 601 g/mol. The number of carbonyl (C=O) groups is 2. The number of benzene rings is 2. The molecule has 3 fully saturated rings. The molecule has 232 valence electrons. The number of anilines is 3. The largest absolute Gasteiger partial charge is 0.381 e. The number of hydrogen-bond acceptors (Lipinski definition) is 10. The van der Waals surface area contributed by atoms with Gasteiger partial charge in [-0.2, -0.15) is 9.97 Å². The van der Waals surface area contributed by atoms with Gasteiger partial charge in [-0.3, -0.25) is 9.69 Å². The summed E-state index contributed by atoms with van der Waals surface area (Å²) in [7, 11) is 0. The molecule has 12 heteroatoms. The summed E-state index contributed by atoms with van der Waals surface area (Å²) >= 11 is 0. The lowest BCUT2D eigenvalue weighted by Crippen LogP contribution is -2.44. The zero-order valence-electron chi connectivity index (χ0n) is 25.0. The minimum Gasteiger partial charge on any atom is -0.381 e. The second kappa shape index (κ2) is 14.2. The van der Waals surface area contributed by atoms with Gasteiger partial charge >= 0.3 is 6.03 Å². The van der Waals surface area contributed by atoms with Gasteiger partial charge in [-0.1, -0.05) is 0 Å². The minimum absolute atomic E-state index is 0.0487. The third kappa shape index (κ3) is 7.56. The Morgan fingerprint density at radius 3 is 2.11 bits per heavy atom. The van der Waals surface area contributed by atoms with Crippen LogP contribution in [0.5, 0.6) is 0 Å². The Morgan fingerprint density at radius 2 is 1.43 bits per heavy atom. The van der Waals surface area contributed by atoms with Crippen molar-refractivity contribution in [3.8, 4) is 11.4 Å². The average Bonchev–Trinajstić information content (AvgIpc) is 3.06. The van der Waals surface area contributed by atoms with E-state index < -0.39 is 0 Å². The minimum atomic E-state index is -0.379. The van der Waals surface area contributed by atoms with Crippen molar-refractivity contribution in [3.63, 3.8) is 0 Å². The molecular weight excluding hydrogens is 562 g/mol. The highest BCUT2D eigenvalue weighted by molar-refractivity contribution is 6.01. The third-order valence-electron chi connectivity index (χ3n) is 8.19. The molecule has 3 aromatic rings. The summed E-state index contributed by atoms with van der Waals surface area (Å²) in [5, 5.41) is 5.70. The molecule has 3 saturated heterocycles. The number of rotatable bonds is 8. The fourth-order valence-electron chi connectivity index (χ4n) is 5.59. The molecule has 12 nitrogen and oxygen atoms in total. The van der Waals surface area contributed by atoms with Gasteiger partial charge in [0, 0.05) is 61.3 Å². The number of hydrogen-bond donors (Lipinski definition) is 2. The Hall–Kier alpha value is -3.97. The van der Waals surface area contributed by atoms with Crippen LogP contribution >= 0.6 is 0 Å². The van der Waals surface area contributed by atoms with Crippen molar-refractivity contribution in [1.82, 2.24) is 19.9 Å². The maximum atomic E-state index is 12.7. The summed E-state index contributed by atoms with van der Waals surface area (Å²) in [6.07, 6.45) is 1.76. The summed E-state index contributed by atoms with van der Waals surface area (Å²) in [6.45, 7) is 8.70. The highest BCUT2D eigenvalue weighted by Crippen LogP contribution is 2.29. The maximum absolute atomic E-state index is 12.7. The molecular formula is C32H39N7O5. The van der Waals surface area contributed by atoms with E-state index in [2.05, 4.69) is 27.4 Å². The Morgan fingerprint density at radius 1 is 0.795 bits per heavy atom. The number of morpholine rings is 2.